The van der Waals surface area contributed by atoms with E-state index in [1.807, 2.05) is 36.1 Å². The molecule has 0 atom stereocenters. The number of fused-ring (bicyclic) bond motifs is 3. The second kappa shape index (κ2) is 18.7. The summed E-state index contributed by atoms with van der Waals surface area (Å²) in [4.78, 5) is 61.8. The largest absolute Gasteiger partial charge is 0.508 e. The molecule has 5 heterocycles. The summed E-state index contributed by atoms with van der Waals surface area (Å²) in [5, 5.41) is 36.8. The Kier molecular flexibility index (Phi) is 12.5. The Morgan fingerprint density at radius 2 is 1.54 bits per heavy atom. The van der Waals surface area contributed by atoms with E-state index in [1.165, 1.54) is 12.1 Å². The summed E-state index contributed by atoms with van der Waals surface area (Å²) in [5.41, 5.74) is 7.11. The lowest BCUT2D eigenvalue weighted by atomic mass is 10.0. The molecule has 0 aliphatic carbocycles. The summed E-state index contributed by atoms with van der Waals surface area (Å²) < 4.78 is 0. The minimum Gasteiger partial charge on any atom is -0.508 e. The highest BCUT2D eigenvalue weighted by molar-refractivity contribution is 5.98. The number of amides is 3. The topological polar surface area (TPSA) is 169 Å². The number of anilines is 3. The Morgan fingerprint density at radius 3 is 2.32 bits per heavy atom. The van der Waals surface area contributed by atoms with Crippen molar-refractivity contribution in [3.63, 3.8) is 0 Å². The predicted molar refractivity (Wildman–Crippen MR) is 250 cm³/mol. The van der Waals surface area contributed by atoms with Gasteiger partial charge in [-0.1, -0.05) is 62.4 Å². The number of phenols is 3. The van der Waals surface area contributed by atoms with Crippen molar-refractivity contribution >= 4 is 45.9 Å². The number of nitrogens with one attached hydrogen (secondary N) is 1. The smallest absolute Gasteiger partial charge is 0.258 e. The first kappa shape index (κ1) is 43.4. The SMILES string of the molecule is C=CC(=O)N1CCN(c2nc(NCCC(=O)N3CCN(Cc4ccc5c(c4)CN(C(=O)c4cc(CCC)c(O)cc4O)C5)CC3)nc3c2CCN(c2cc(O)cc4ccccc24)C3)CC1. The summed E-state index contributed by atoms with van der Waals surface area (Å²) in [6.45, 7) is 14.1. The average molecular weight is 880 g/mol. The van der Waals surface area contributed by atoms with Crippen LogP contribution in [0.3, 0.4) is 0 Å². The van der Waals surface area contributed by atoms with E-state index in [4.69, 9.17) is 9.97 Å². The normalized spacial score (nSPS) is 16.4. The predicted octanol–water partition coefficient (Wildman–Crippen LogP) is 5.40. The third-order valence-electron chi connectivity index (χ3n) is 13.3. The molecule has 338 valence electrons. The molecule has 0 unspecified atom stereocenters. The molecule has 9 rings (SSSR count). The van der Waals surface area contributed by atoms with E-state index < -0.39 is 0 Å². The van der Waals surface area contributed by atoms with Gasteiger partial charge in [0.15, 0.2) is 0 Å². The standard InChI is InChI=1S/C50H57N9O6/c1-3-7-35-26-41(45(62)28-44(35)61)49(65)59-30-36-11-10-33(24-37(36)31-59)29-54-16-18-56(19-17-54)47(64)12-14-51-50-52-42-32-58(43-27-38(60)25-34-8-5-6-9-39(34)43)15-13-40(42)48(53-50)57-22-20-55(21-23-57)46(63)4-2/h4-6,8-11,24-28,60-62H,2-3,7,12-23,29-32H2,1H3,(H,51,52,53). The van der Waals surface area contributed by atoms with Gasteiger partial charge in [-0.3, -0.25) is 19.3 Å². The number of aryl methyl sites for hydroxylation is 1. The quantitative estimate of drug-likeness (QED) is 0.118. The van der Waals surface area contributed by atoms with Crippen molar-refractivity contribution in [1.29, 1.82) is 0 Å². The molecule has 0 spiro atoms. The van der Waals surface area contributed by atoms with Crippen LogP contribution in [0.15, 0.2) is 79.4 Å². The van der Waals surface area contributed by atoms with Gasteiger partial charge in [-0.2, -0.15) is 4.98 Å². The van der Waals surface area contributed by atoms with Gasteiger partial charge in [-0.25, -0.2) is 4.98 Å². The molecule has 4 aliphatic rings. The molecule has 1 aromatic heterocycles. The highest BCUT2D eigenvalue weighted by atomic mass is 16.3. The van der Waals surface area contributed by atoms with Crippen molar-refractivity contribution < 1.29 is 29.7 Å². The van der Waals surface area contributed by atoms with Crippen molar-refractivity contribution in [2.24, 2.45) is 0 Å². The van der Waals surface area contributed by atoms with E-state index >= 15 is 0 Å². The van der Waals surface area contributed by atoms with Gasteiger partial charge in [0, 0.05) is 120 Å². The average Bonchev–Trinajstić information content (AvgIpc) is 3.75. The van der Waals surface area contributed by atoms with Crippen LogP contribution in [0.5, 0.6) is 17.2 Å². The lowest BCUT2D eigenvalue weighted by Crippen LogP contribution is -2.49. The highest BCUT2D eigenvalue weighted by Crippen LogP contribution is 2.37. The molecule has 3 amide bonds. The molecule has 2 saturated heterocycles. The maximum Gasteiger partial charge on any atom is 0.258 e. The zero-order valence-electron chi connectivity index (χ0n) is 37.0. The summed E-state index contributed by atoms with van der Waals surface area (Å²) in [7, 11) is 0. The third-order valence-corrected chi connectivity index (χ3v) is 13.3. The minimum atomic E-state index is -0.256. The first-order valence-electron chi connectivity index (χ1n) is 22.8. The van der Waals surface area contributed by atoms with Crippen molar-refractivity contribution in [2.45, 2.75) is 58.8 Å². The van der Waals surface area contributed by atoms with Crippen molar-refractivity contribution in [2.75, 3.05) is 80.6 Å². The van der Waals surface area contributed by atoms with E-state index in [0.717, 1.165) is 82.8 Å². The van der Waals surface area contributed by atoms with E-state index in [0.29, 0.717) is 96.2 Å². The summed E-state index contributed by atoms with van der Waals surface area (Å²) in [6.07, 6.45) is 3.80. The number of hydrogen-bond donors (Lipinski definition) is 4. The van der Waals surface area contributed by atoms with Gasteiger partial charge in [0.1, 0.15) is 23.1 Å². The summed E-state index contributed by atoms with van der Waals surface area (Å²) >= 11 is 0. The Morgan fingerprint density at radius 1 is 0.769 bits per heavy atom. The number of carbonyl (C=O) groups excluding carboxylic acids is 3. The first-order valence-corrected chi connectivity index (χ1v) is 22.8. The van der Waals surface area contributed by atoms with Crippen LogP contribution < -0.4 is 15.1 Å². The van der Waals surface area contributed by atoms with Crippen LogP contribution >= 0.6 is 0 Å². The zero-order valence-corrected chi connectivity index (χ0v) is 37.0. The number of aromatic hydroxyl groups is 3. The van der Waals surface area contributed by atoms with Gasteiger partial charge in [0.25, 0.3) is 5.91 Å². The maximum absolute atomic E-state index is 13.5. The monoisotopic (exact) mass is 879 g/mol. The molecule has 0 saturated carbocycles. The number of aromatic nitrogens is 2. The molecule has 65 heavy (non-hydrogen) atoms. The van der Waals surface area contributed by atoms with Gasteiger partial charge in [-0.05, 0) is 58.7 Å². The molecule has 15 nitrogen and oxygen atoms in total. The van der Waals surface area contributed by atoms with Crippen LogP contribution in [-0.4, -0.2) is 128 Å². The maximum atomic E-state index is 13.5. The Labute approximate surface area is 379 Å². The van der Waals surface area contributed by atoms with Crippen LogP contribution in [0, 0.1) is 0 Å². The van der Waals surface area contributed by atoms with E-state index in [2.05, 4.69) is 50.9 Å². The number of hydrogen-bond acceptors (Lipinski definition) is 12. The fraction of sp³-hybridized carbons (Fsp3) is 0.380. The van der Waals surface area contributed by atoms with Gasteiger partial charge in [-0.15, -0.1) is 0 Å². The lowest BCUT2D eigenvalue weighted by Gasteiger charge is -2.38. The second-order valence-corrected chi connectivity index (χ2v) is 17.5. The zero-order chi connectivity index (χ0) is 45.2. The van der Waals surface area contributed by atoms with E-state index in [9.17, 15) is 29.7 Å². The molecule has 4 aromatic carbocycles. The molecule has 0 bridgehead atoms. The molecular formula is C50H57N9O6. The van der Waals surface area contributed by atoms with Crippen LogP contribution in [0.4, 0.5) is 17.5 Å². The molecule has 2 fully saturated rings. The Bertz CT molecular complexity index is 2640. The summed E-state index contributed by atoms with van der Waals surface area (Å²) in [5.74, 6) is 1.07. The van der Waals surface area contributed by atoms with Crippen LogP contribution in [0.2, 0.25) is 0 Å². The molecule has 5 aromatic rings. The Balaban J connectivity index is 0.806. The molecule has 15 heteroatoms. The number of phenolic OH excluding ortho intramolecular Hbond substituents is 3. The van der Waals surface area contributed by atoms with E-state index in [-0.39, 0.29) is 40.5 Å². The van der Waals surface area contributed by atoms with Gasteiger partial charge in [0.05, 0.1) is 17.8 Å². The first-order chi connectivity index (χ1) is 31.5. The molecule has 4 aliphatic heterocycles. The summed E-state index contributed by atoms with van der Waals surface area (Å²) in [6, 6.07) is 20.9. The van der Waals surface area contributed by atoms with Crippen molar-refractivity contribution in [3.8, 4) is 17.2 Å². The number of nitrogens with zero attached hydrogens (tertiary/aromatic N) is 8. The van der Waals surface area contributed by atoms with Crippen molar-refractivity contribution in [1.82, 2.24) is 29.6 Å². The van der Waals surface area contributed by atoms with Crippen molar-refractivity contribution in [3.05, 3.63) is 118 Å². The molecule has 0 radical (unpaired) electrons. The molecule has 4 N–H and O–H groups in total. The Hall–Kier alpha value is -6.87. The van der Waals surface area contributed by atoms with Gasteiger partial charge >= 0.3 is 0 Å². The second-order valence-electron chi connectivity index (χ2n) is 17.5. The highest BCUT2D eigenvalue weighted by Gasteiger charge is 2.31. The van der Waals surface area contributed by atoms with Crippen LogP contribution in [-0.2, 0) is 48.6 Å². The van der Waals surface area contributed by atoms with Crippen LogP contribution in [0.1, 0.15) is 63.6 Å². The van der Waals surface area contributed by atoms with Gasteiger partial charge in [0.2, 0.25) is 17.8 Å². The fourth-order valence-corrected chi connectivity index (χ4v) is 9.74. The number of rotatable bonds is 12. The third kappa shape index (κ3) is 9.23. The minimum absolute atomic E-state index is 0.00442. The number of piperazine rings is 2. The number of carbonyl (C=O) groups is 3. The van der Waals surface area contributed by atoms with E-state index in [1.54, 1.807) is 21.9 Å². The lowest BCUT2D eigenvalue weighted by molar-refractivity contribution is -0.132. The number of benzene rings is 4. The van der Waals surface area contributed by atoms with Gasteiger partial charge < -0.3 is 45.1 Å². The fourth-order valence-electron chi connectivity index (χ4n) is 9.74. The molecular weight excluding hydrogens is 823 g/mol. The van der Waals surface area contributed by atoms with Crippen LogP contribution in [0.25, 0.3) is 10.8 Å².